The smallest absolute Gasteiger partial charge is 0.244 e. The van der Waals surface area contributed by atoms with Gasteiger partial charge in [0.15, 0.2) is 0 Å². The average molecular weight is 393 g/mol. The number of piperidine rings is 1. The maximum Gasteiger partial charge on any atom is 0.244 e. The van der Waals surface area contributed by atoms with Gasteiger partial charge in [-0.05, 0) is 69.1 Å². The summed E-state index contributed by atoms with van der Waals surface area (Å²) in [7, 11) is 0. The number of rotatable bonds is 1. The predicted molar refractivity (Wildman–Crippen MR) is 103 cm³/mol. The van der Waals surface area contributed by atoms with Crippen LogP contribution in [0, 0.1) is 0 Å². The first-order valence-electron chi connectivity index (χ1n) is 8.25. The number of anilines is 1. The third-order valence-corrected chi connectivity index (χ3v) is 5.70. The second-order valence-electron chi connectivity index (χ2n) is 6.77. The molecule has 0 unspecified atom stereocenters. The molecule has 4 nitrogen and oxygen atoms in total. The van der Waals surface area contributed by atoms with Gasteiger partial charge in [0.25, 0.3) is 0 Å². The zero-order chi connectivity index (χ0) is 15.2. The normalized spacial score (nSPS) is 24.2. The molecule has 1 atom stereocenters. The Bertz CT molecular complexity index is 599. The molecule has 2 saturated heterocycles. The van der Waals surface area contributed by atoms with Crippen LogP contribution in [0.1, 0.15) is 31.2 Å². The lowest BCUT2D eigenvalue weighted by atomic mass is 9.75. The van der Waals surface area contributed by atoms with Crippen LogP contribution in [0.5, 0.6) is 0 Å². The fraction of sp³-hybridized carbons (Fsp3) is 0.588. The number of nitrogens with zero attached hydrogens (tertiary/aromatic N) is 1. The van der Waals surface area contributed by atoms with E-state index in [1.807, 2.05) is 17.0 Å². The summed E-state index contributed by atoms with van der Waals surface area (Å²) in [5.41, 5.74) is 2.43. The highest BCUT2D eigenvalue weighted by atomic mass is 35.5. The van der Waals surface area contributed by atoms with E-state index >= 15 is 0 Å². The zero-order valence-electron chi connectivity index (χ0n) is 13.5. The monoisotopic (exact) mass is 391 g/mol. The third-order valence-electron chi connectivity index (χ3n) is 5.47. The number of hydrogen-bond donors (Lipinski definition) is 2. The van der Waals surface area contributed by atoms with Gasteiger partial charge in [0.2, 0.25) is 5.91 Å². The third kappa shape index (κ3) is 3.27. The first-order chi connectivity index (χ1) is 10.7. The van der Waals surface area contributed by atoms with Crippen molar-refractivity contribution >= 4 is 48.0 Å². The lowest BCUT2D eigenvalue weighted by Crippen LogP contribution is -2.48. The molecule has 24 heavy (non-hydrogen) atoms. The fourth-order valence-corrected chi connectivity index (χ4v) is 4.43. The van der Waals surface area contributed by atoms with Crippen molar-refractivity contribution in [2.75, 3.05) is 31.1 Å². The summed E-state index contributed by atoms with van der Waals surface area (Å²) in [6, 6.07) is 6.00. The standard InChI is InChI=1S/C17H22ClN3O.2ClH/c18-12-3-4-15-13(10-12)17(5-8-19-9-6-17)11-21(15)16(22)14-2-1-7-20-14;;/h3-4,10,14,19-20H,1-2,5-9,11H2;2*1H/t14-;;/m1../s1. The minimum Gasteiger partial charge on any atom is -0.317 e. The van der Waals surface area contributed by atoms with Crippen molar-refractivity contribution in [3.8, 4) is 0 Å². The van der Waals surface area contributed by atoms with Crippen molar-refractivity contribution in [2.24, 2.45) is 0 Å². The van der Waals surface area contributed by atoms with Crippen molar-refractivity contribution in [1.82, 2.24) is 10.6 Å². The molecule has 1 amide bonds. The summed E-state index contributed by atoms with van der Waals surface area (Å²) in [5.74, 6) is 0.233. The van der Waals surface area contributed by atoms with E-state index in [1.54, 1.807) is 0 Å². The van der Waals surface area contributed by atoms with Crippen LogP contribution in [0.4, 0.5) is 5.69 Å². The van der Waals surface area contributed by atoms with Crippen LogP contribution < -0.4 is 15.5 Å². The van der Waals surface area contributed by atoms with E-state index < -0.39 is 0 Å². The van der Waals surface area contributed by atoms with E-state index in [9.17, 15) is 4.79 Å². The fourth-order valence-electron chi connectivity index (χ4n) is 4.25. The van der Waals surface area contributed by atoms with Gasteiger partial charge in [0.1, 0.15) is 0 Å². The second kappa shape index (κ2) is 7.79. The number of halogens is 3. The Morgan fingerprint density at radius 3 is 2.62 bits per heavy atom. The molecule has 0 aromatic heterocycles. The molecular formula is C17H24Cl3N3O. The quantitative estimate of drug-likeness (QED) is 0.772. The minimum absolute atomic E-state index is 0. The number of hydrogen-bond acceptors (Lipinski definition) is 3. The summed E-state index contributed by atoms with van der Waals surface area (Å²) in [4.78, 5) is 14.9. The number of amides is 1. The van der Waals surface area contributed by atoms with Crippen molar-refractivity contribution in [3.05, 3.63) is 28.8 Å². The van der Waals surface area contributed by atoms with Gasteiger partial charge in [-0.15, -0.1) is 24.8 Å². The Balaban J connectivity index is 0.00000104. The highest BCUT2D eigenvalue weighted by molar-refractivity contribution is 6.30. The molecule has 3 heterocycles. The minimum atomic E-state index is -0.0135. The molecular weight excluding hydrogens is 369 g/mol. The van der Waals surface area contributed by atoms with E-state index in [4.69, 9.17) is 11.6 Å². The Hall–Kier alpha value is -0.520. The van der Waals surface area contributed by atoms with E-state index in [2.05, 4.69) is 16.7 Å². The molecule has 0 bridgehead atoms. The summed E-state index contributed by atoms with van der Waals surface area (Å²) < 4.78 is 0. The van der Waals surface area contributed by atoms with Crippen LogP contribution >= 0.6 is 36.4 Å². The largest absolute Gasteiger partial charge is 0.317 e. The van der Waals surface area contributed by atoms with Crippen LogP contribution in [0.3, 0.4) is 0 Å². The highest BCUT2D eigenvalue weighted by Gasteiger charge is 2.46. The maximum atomic E-state index is 12.9. The van der Waals surface area contributed by atoms with Gasteiger partial charge in [-0.1, -0.05) is 11.6 Å². The van der Waals surface area contributed by atoms with E-state index in [1.165, 1.54) is 5.56 Å². The summed E-state index contributed by atoms with van der Waals surface area (Å²) >= 11 is 6.25. The van der Waals surface area contributed by atoms with Crippen molar-refractivity contribution < 1.29 is 4.79 Å². The Labute approximate surface area is 160 Å². The molecule has 0 saturated carbocycles. The van der Waals surface area contributed by atoms with E-state index in [0.29, 0.717) is 0 Å². The van der Waals surface area contributed by atoms with E-state index in [0.717, 1.165) is 62.6 Å². The zero-order valence-corrected chi connectivity index (χ0v) is 15.9. The molecule has 4 rings (SSSR count). The van der Waals surface area contributed by atoms with Crippen LogP contribution in [0.15, 0.2) is 18.2 Å². The number of carbonyl (C=O) groups is 1. The average Bonchev–Trinajstić information content (AvgIpc) is 3.16. The maximum absolute atomic E-state index is 12.9. The summed E-state index contributed by atoms with van der Waals surface area (Å²) in [6.07, 6.45) is 4.18. The molecule has 134 valence electrons. The predicted octanol–water partition coefficient (Wildman–Crippen LogP) is 2.90. The van der Waals surface area contributed by atoms with Gasteiger partial charge < -0.3 is 15.5 Å². The van der Waals surface area contributed by atoms with Crippen molar-refractivity contribution in [2.45, 2.75) is 37.1 Å². The SMILES string of the molecule is Cl.Cl.O=C([C@H]1CCCN1)N1CC2(CCNCC2)c2cc(Cl)ccc21. The molecule has 7 heteroatoms. The first kappa shape index (κ1) is 19.8. The molecule has 1 spiro atoms. The molecule has 0 radical (unpaired) electrons. The van der Waals surface area contributed by atoms with E-state index in [-0.39, 0.29) is 42.2 Å². The van der Waals surface area contributed by atoms with Crippen molar-refractivity contribution in [3.63, 3.8) is 0 Å². The van der Waals surface area contributed by atoms with Gasteiger partial charge in [0, 0.05) is 22.7 Å². The lowest BCUT2D eigenvalue weighted by molar-refractivity contribution is -0.120. The Morgan fingerprint density at radius 2 is 1.96 bits per heavy atom. The van der Waals surface area contributed by atoms with Crippen LogP contribution in [-0.4, -0.2) is 38.1 Å². The van der Waals surface area contributed by atoms with Crippen LogP contribution in [0.2, 0.25) is 5.02 Å². The Kier molecular flexibility index (Phi) is 6.43. The second-order valence-corrected chi connectivity index (χ2v) is 7.20. The number of nitrogens with one attached hydrogen (secondary N) is 2. The topological polar surface area (TPSA) is 44.4 Å². The summed E-state index contributed by atoms with van der Waals surface area (Å²) in [6.45, 7) is 3.78. The highest BCUT2D eigenvalue weighted by Crippen LogP contribution is 2.47. The lowest BCUT2D eigenvalue weighted by Gasteiger charge is -2.35. The van der Waals surface area contributed by atoms with Crippen LogP contribution in [-0.2, 0) is 10.2 Å². The number of fused-ring (bicyclic) bond motifs is 2. The van der Waals surface area contributed by atoms with Gasteiger partial charge in [-0.3, -0.25) is 4.79 Å². The van der Waals surface area contributed by atoms with Crippen molar-refractivity contribution in [1.29, 1.82) is 0 Å². The number of carbonyl (C=O) groups excluding carboxylic acids is 1. The molecule has 2 fully saturated rings. The molecule has 3 aliphatic heterocycles. The molecule has 0 aliphatic carbocycles. The molecule has 1 aromatic rings. The van der Waals surface area contributed by atoms with Gasteiger partial charge in [-0.25, -0.2) is 0 Å². The van der Waals surface area contributed by atoms with Gasteiger partial charge >= 0.3 is 0 Å². The molecule has 2 N–H and O–H groups in total. The number of benzene rings is 1. The van der Waals surface area contributed by atoms with Gasteiger partial charge in [-0.2, -0.15) is 0 Å². The molecule has 1 aromatic carbocycles. The first-order valence-corrected chi connectivity index (χ1v) is 8.63. The summed E-state index contributed by atoms with van der Waals surface area (Å²) in [5, 5.41) is 7.54. The molecule has 3 aliphatic rings. The Morgan fingerprint density at radius 1 is 1.21 bits per heavy atom. The van der Waals surface area contributed by atoms with Gasteiger partial charge in [0.05, 0.1) is 6.04 Å². The van der Waals surface area contributed by atoms with Crippen LogP contribution in [0.25, 0.3) is 0 Å².